The molecule has 104 valence electrons. The Hall–Kier alpha value is -1.75. The first kappa shape index (κ1) is 15.3. The fourth-order valence-electron chi connectivity index (χ4n) is 1.78. The molecule has 1 aliphatic heterocycles. The van der Waals surface area contributed by atoms with E-state index in [1.165, 1.54) is 0 Å². The SMILES string of the molecule is O=CC1CCCN(F)C1.O=COCc1ccccc1. The fraction of sp³-hybridized carbons (Fsp3) is 0.429. The quantitative estimate of drug-likeness (QED) is 0.619. The van der Waals surface area contributed by atoms with Gasteiger partial charge in [0.2, 0.25) is 0 Å². The molecule has 5 heteroatoms. The lowest BCUT2D eigenvalue weighted by molar-refractivity contribution is -0.129. The molecule has 0 bridgehead atoms. The maximum Gasteiger partial charge on any atom is 0.293 e. The number of carbonyl (C=O) groups excluding carboxylic acids is 2. The first-order valence-corrected chi connectivity index (χ1v) is 6.21. The predicted octanol–water partition coefficient (Wildman–Crippen LogP) is 2.14. The number of rotatable bonds is 4. The van der Waals surface area contributed by atoms with E-state index in [2.05, 4.69) is 4.74 Å². The van der Waals surface area contributed by atoms with Crippen LogP contribution in [0.25, 0.3) is 0 Å². The van der Waals surface area contributed by atoms with Gasteiger partial charge in [-0.15, -0.1) is 9.60 Å². The van der Waals surface area contributed by atoms with Gasteiger partial charge < -0.3 is 9.53 Å². The second-order valence-corrected chi connectivity index (χ2v) is 4.30. The summed E-state index contributed by atoms with van der Waals surface area (Å²) in [6.45, 7) is 1.60. The summed E-state index contributed by atoms with van der Waals surface area (Å²) in [5.41, 5.74) is 1.01. The molecule has 0 amide bonds. The van der Waals surface area contributed by atoms with E-state index < -0.39 is 0 Å². The van der Waals surface area contributed by atoms with E-state index in [1.54, 1.807) is 0 Å². The third-order valence-electron chi connectivity index (χ3n) is 2.76. The van der Waals surface area contributed by atoms with Crippen molar-refractivity contribution in [3.8, 4) is 0 Å². The Labute approximate surface area is 112 Å². The summed E-state index contributed by atoms with van der Waals surface area (Å²) < 4.78 is 16.8. The zero-order chi connectivity index (χ0) is 13.9. The van der Waals surface area contributed by atoms with Crippen molar-refractivity contribution in [2.24, 2.45) is 5.92 Å². The molecule has 1 fully saturated rings. The smallest absolute Gasteiger partial charge is 0.293 e. The molecule has 0 spiro atoms. The molecule has 1 atom stereocenters. The van der Waals surface area contributed by atoms with Crippen molar-refractivity contribution in [1.29, 1.82) is 0 Å². The number of halogens is 1. The Kier molecular flexibility index (Phi) is 7.43. The minimum Gasteiger partial charge on any atom is -0.463 e. The Balaban J connectivity index is 0.000000191. The summed E-state index contributed by atoms with van der Waals surface area (Å²) in [4.78, 5) is 19.9. The van der Waals surface area contributed by atoms with Crippen LogP contribution < -0.4 is 0 Å². The van der Waals surface area contributed by atoms with Gasteiger partial charge in [0.25, 0.3) is 6.47 Å². The van der Waals surface area contributed by atoms with Crippen LogP contribution in [0.4, 0.5) is 4.48 Å². The molecule has 19 heavy (non-hydrogen) atoms. The normalized spacial score (nSPS) is 18.9. The largest absolute Gasteiger partial charge is 0.463 e. The van der Waals surface area contributed by atoms with Gasteiger partial charge in [0.05, 0.1) is 0 Å². The van der Waals surface area contributed by atoms with Crippen LogP contribution in [0.2, 0.25) is 0 Å². The zero-order valence-corrected chi connectivity index (χ0v) is 10.7. The van der Waals surface area contributed by atoms with E-state index in [4.69, 9.17) is 0 Å². The average molecular weight is 267 g/mol. The van der Waals surface area contributed by atoms with Gasteiger partial charge in [-0.05, 0) is 18.4 Å². The molecule has 2 rings (SSSR count). The highest BCUT2D eigenvalue weighted by molar-refractivity contribution is 5.53. The molecule has 1 aromatic rings. The van der Waals surface area contributed by atoms with Crippen LogP contribution in [0.1, 0.15) is 18.4 Å². The molecule has 0 N–H and O–H groups in total. The van der Waals surface area contributed by atoms with E-state index >= 15 is 0 Å². The second kappa shape index (κ2) is 9.22. The summed E-state index contributed by atoms with van der Waals surface area (Å²) in [7, 11) is 0. The summed E-state index contributed by atoms with van der Waals surface area (Å²) in [5.74, 6) is -0.0660. The van der Waals surface area contributed by atoms with Crippen LogP contribution >= 0.6 is 0 Å². The third kappa shape index (κ3) is 6.67. The van der Waals surface area contributed by atoms with Crippen molar-refractivity contribution < 1.29 is 18.8 Å². The van der Waals surface area contributed by atoms with Gasteiger partial charge in [-0.25, -0.2) is 0 Å². The van der Waals surface area contributed by atoms with Crippen LogP contribution in [0.5, 0.6) is 0 Å². The van der Waals surface area contributed by atoms with Crippen LogP contribution in [0, 0.1) is 5.92 Å². The number of piperidine rings is 1. The van der Waals surface area contributed by atoms with Crippen molar-refractivity contribution in [2.75, 3.05) is 13.1 Å². The van der Waals surface area contributed by atoms with Gasteiger partial charge in [-0.2, -0.15) is 0 Å². The standard InChI is InChI=1S/C8H8O2.C6H10FNO/c9-7-10-6-8-4-2-1-3-5-8;7-8-3-1-2-6(4-8)5-9/h1-5,7H,6H2;5-6H,1-4H2. The molecule has 1 heterocycles. The lowest BCUT2D eigenvalue weighted by Gasteiger charge is -2.21. The first-order valence-electron chi connectivity index (χ1n) is 6.21. The highest BCUT2D eigenvalue weighted by Crippen LogP contribution is 2.13. The first-order chi connectivity index (χ1) is 9.26. The van der Waals surface area contributed by atoms with E-state index in [0.717, 1.165) is 24.7 Å². The molecule has 1 saturated heterocycles. The summed E-state index contributed by atoms with van der Waals surface area (Å²) in [6.07, 6.45) is 2.50. The number of hydrogen-bond donors (Lipinski definition) is 0. The lowest BCUT2D eigenvalue weighted by Crippen LogP contribution is -2.29. The van der Waals surface area contributed by atoms with Gasteiger partial charge in [0.1, 0.15) is 12.9 Å². The van der Waals surface area contributed by atoms with Crippen LogP contribution in [0.3, 0.4) is 0 Å². The second-order valence-electron chi connectivity index (χ2n) is 4.30. The molecule has 0 aromatic heterocycles. The van der Waals surface area contributed by atoms with E-state index in [-0.39, 0.29) is 5.92 Å². The fourth-order valence-corrected chi connectivity index (χ4v) is 1.78. The van der Waals surface area contributed by atoms with Gasteiger partial charge >= 0.3 is 0 Å². The van der Waals surface area contributed by atoms with Crippen molar-refractivity contribution in [2.45, 2.75) is 19.4 Å². The minimum atomic E-state index is -0.0660. The number of benzene rings is 1. The summed E-state index contributed by atoms with van der Waals surface area (Å²) in [5, 5.41) is 0.711. The lowest BCUT2D eigenvalue weighted by atomic mass is 10.0. The van der Waals surface area contributed by atoms with E-state index in [0.29, 0.717) is 31.3 Å². The number of carbonyl (C=O) groups is 2. The van der Waals surface area contributed by atoms with E-state index in [9.17, 15) is 14.1 Å². The maximum atomic E-state index is 12.3. The van der Waals surface area contributed by atoms with Crippen LogP contribution in [-0.2, 0) is 20.9 Å². The number of aldehydes is 1. The molecule has 1 unspecified atom stereocenters. The topological polar surface area (TPSA) is 46.6 Å². The Bertz CT molecular complexity index is 372. The number of ether oxygens (including phenoxy) is 1. The Morgan fingerprint density at radius 1 is 1.32 bits per heavy atom. The van der Waals surface area contributed by atoms with Crippen LogP contribution in [-0.4, -0.2) is 31.0 Å². The Morgan fingerprint density at radius 3 is 2.58 bits per heavy atom. The summed E-state index contributed by atoms with van der Waals surface area (Å²) >= 11 is 0. The summed E-state index contributed by atoms with van der Waals surface area (Å²) in [6, 6.07) is 9.55. The molecule has 0 aliphatic carbocycles. The van der Waals surface area contributed by atoms with Crippen molar-refractivity contribution in [1.82, 2.24) is 5.12 Å². The van der Waals surface area contributed by atoms with Crippen molar-refractivity contribution in [3.63, 3.8) is 0 Å². The Morgan fingerprint density at radius 2 is 2.05 bits per heavy atom. The minimum absolute atomic E-state index is 0.0660. The molecule has 1 aromatic carbocycles. The molecular weight excluding hydrogens is 249 g/mol. The van der Waals surface area contributed by atoms with Crippen LogP contribution in [0.15, 0.2) is 30.3 Å². The molecule has 0 saturated carbocycles. The number of hydrogen-bond acceptors (Lipinski definition) is 4. The average Bonchev–Trinajstić information content (AvgIpc) is 2.47. The molecular formula is C14H18FNO3. The highest BCUT2D eigenvalue weighted by atomic mass is 19.2. The van der Waals surface area contributed by atoms with Gasteiger partial charge in [-0.3, -0.25) is 4.79 Å². The monoisotopic (exact) mass is 267 g/mol. The van der Waals surface area contributed by atoms with Crippen molar-refractivity contribution >= 4 is 12.8 Å². The van der Waals surface area contributed by atoms with Gasteiger partial charge in [0, 0.05) is 19.0 Å². The maximum absolute atomic E-state index is 12.3. The molecule has 4 nitrogen and oxygen atoms in total. The van der Waals surface area contributed by atoms with Crippen molar-refractivity contribution in [3.05, 3.63) is 35.9 Å². The number of nitrogens with zero attached hydrogens (tertiary/aromatic N) is 1. The highest BCUT2D eigenvalue weighted by Gasteiger charge is 2.17. The zero-order valence-electron chi connectivity index (χ0n) is 10.7. The molecule has 0 radical (unpaired) electrons. The molecule has 1 aliphatic rings. The van der Waals surface area contributed by atoms with Gasteiger partial charge in [-0.1, -0.05) is 30.3 Å². The van der Waals surface area contributed by atoms with Gasteiger partial charge in [0.15, 0.2) is 0 Å². The predicted molar refractivity (Wildman–Crippen MR) is 68.8 cm³/mol. The van der Waals surface area contributed by atoms with E-state index in [1.807, 2.05) is 30.3 Å². The third-order valence-corrected chi connectivity index (χ3v) is 2.76.